The molecule has 0 spiro atoms. The molecule has 1 aliphatic heterocycles. The minimum Gasteiger partial charge on any atom is -0.230 e. The highest BCUT2D eigenvalue weighted by atomic mass is 32.1. The zero-order valence-corrected chi connectivity index (χ0v) is 16.8. The molecular formula is C25H23N2S. The van der Waals surface area contributed by atoms with Crippen LogP contribution in [0.2, 0.25) is 0 Å². The van der Waals surface area contributed by atoms with E-state index in [4.69, 9.17) is 22.5 Å². The fourth-order valence-corrected chi connectivity index (χ4v) is 3.85. The molecule has 2 nitrogen and oxygen atoms in total. The minimum absolute atomic E-state index is 0.275. The van der Waals surface area contributed by atoms with Crippen LogP contribution in [0.5, 0.6) is 0 Å². The van der Waals surface area contributed by atoms with E-state index < -0.39 is 0 Å². The Hall–Kier alpha value is -2.78. The molecule has 0 saturated heterocycles. The second-order valence-electron chi connectivity index (χ2n) is 7.11. The maximum absolute atomic E-state index is 5.38. The maximum Gasteiger partial charge on any atom is 0.133 e. The smallest absolute Gasteiger partial charge is 0.133 e. The standard InChI is InChI=1S/C25H23N2S/c1-2-19(16-18-10-9-15-22(28)17-18)25-26-23(20-11-5-3-6-12-20)24(27-25)21-13-7-4-8-14-21/h3-14,17,19H,2,15-16H2,1H3. The fraction of sp³-hybridized carbons (Fsp3) is 0.200. The molecule has 1 atom stereocenters. The Labute approximate surface area is 172 Å². The van der Waals surface area contributed by atoms with Crippen molar-refractivity contribution < 1.29 is 0 Å². The third kappa shape index (κ3) is 4.05. The molecule has 4 rings (SSSR count). The molecule has 0 bridgehead atoms. The number of hydrogen-bond donors (Lipinski definition) is 0. The Bertz CT molecular complexity index is 982. The summed E-state index contributed by atoms with van der Waals surface area (Å²) in [4.78, 5) is 6.02. The lowest BCUT2D eigenvalue weighted by Gasteiger charge is -2.17. The van der Waals surface area contributed by atoms with Crippen molar-refractivity contribution in [3.05, 3.63) is 95.6 Å². The van der Waals surface area contributed by atoms with Crippen LogP contribution >= 0.6 is 12.2 Å². The maximum atomic E-state index is 5.38. The van der Waals surface area contributed by atoms with E-state index in [9.17, 15) is 0 Å². The van der Waals surface area contributed by atoms with Gasteiger partial charge in [0.2, 0.25) is 0 Å². The van der Waals surface area contributed by atoms with Crippen LogP contribution in [0.1, 0.15) is 37.3 Å². The topological polar surface area (TPSA) is 26.5 Å². The van der Waals surface area contributed by atoms with Crippen LogP contribution in [0.3, 0.4) is 0 Å². The summed E-state index contributed by atoms with van der Waals surface area (Å²) < 4.78 is 0. The molecule has 2 aromatic rings. The summed E-state index contributed by atoms with van der Waals surface area (Å²) in [5.74, 6) is 1.20. The highest BCUT2D eigenvalue weighted by molar-refractivity contribution is 7.80. The van der Waals surface area contributed by atoms with Crippen molar-refractivity contribution in [2.45, 2.75) is 26.2 Å². The van der Waals surface area contributed by atoms with Crippen LogP contribution in [-0.2, 0) is 0 Å². The minimum atomic E-state index is 0.275. The summed E-state index contributed by atoms with van der Waals surface area (Å²) in [6, 6.07) is 20.7. The number of thiocarbonyl (C=S) groups is 1. The fourth-order valence-electron chi connectivity index (χ4n) is 3.61. The van der Waals surface area contributed by atoms with Gasteiger partial charge in [-0.3, -0.25) is 0 Å². The van der Waals surface area contributed by atoms with E-state index in [2.05, 4.69) is 49.4 Å². The molecule has 2 aromatic carbocycles. The van der Waals surface area contributed by atoms with Gasteiger partial charge in [-0.1, -0.05) is 92.0 Å². The lowest BCUT2D eigenvalue weighted by atomic mass is 9.92. The predicted molar refractivity (Wildman–Crippen MR) is 122 cm³/mol. The van der Waals surface area contributed by atoms with Crippen molar-refractivity contribution in [2.24, 2.45) is 10.9 Å². The van der Waals surface area contributed by atoms with Crippen molar-refractivity contribution in [3.8, 4) is 0 Å². The summed E-state index contributed by atoms with van der Waals surface area (Å²) in [6.07, 6.45) is 9.26. The Balaban J connectivity index is 1.66. The van der Waals surface area contributed by atoms with Gasteiger partial charge in [-0.25, -0.2) is 10.3 Å². The van der Waals surface area contributed by atoms with Crippen molar-refractivity contribution in [1.29, 1.82) is 0 Å². The van der Waals surface area contributed by atoms with Crippen molar-refractivity contribution >= 4 is 34.3 Å². The summed E-state index contributed by atoms with van der Waals surface area (Å²) in [5, 5.41) is 5.02. The summed E-state index contributed by atoms with van der Waals surface area (Å²) in [5.41, 5.74) is 5.41. The van der Waals surface area contributed by atoms with Gasteiger partial charge in [0.15, 0.2) is 0 Å². The molecule has 28 heavy (non-hydrogen) atoms. The molecule has 0 saturated carbocycles. The van der Waals surface area contributed by atoms with Gasteiger partial charge in [0.05, 0.1) is 11.4 Å². The zero-order valence-electron chi connectivity index (χ0n) is 16.0. The normalized spacial score (nSPS) is 17.2. The number of allylic oxidation sites excluding steroid dienone is 4. The third-order valence-electron chi connectivity index (χ3n) is 5.11. The van der Waals surface area contributed by atoms with Crippen LogP contribution in [0.4, 0.5) is 0 Å². The van der Waals surface area contributed by atoms with E-state index in [0.717, 1.165) is 52.5 Å². The summed E-state index contributed by atoms with van der Waals surface area (Å²) in [6.45, 7) is 2.21. The Morgan fingerprint density at radius 3 is 2.18 bits per heavy atom. The van der Waals surface area contributed by atoms with E-state index in [-0.39, 0.29) is 5.92 Å². The molecule has 0 N–H and O–H groups in total. The molecule has 3 heteroatoms. The molecule has 1 heterocycles. The van der Waals surface area contributed by atoms with Gasteiger partial charge in [0.25, 0.3) is 0 Å². The van der Waals surface area contributed by atoms with Crippen LogP contribution in [0.15, 0.2) is 89.5 Å². The van der Waals surface area contributed by atoms with Crippen molar-refractivity contribution in [1.82, 2.24) is 5.32 Å². The monoisotopic (exact) mass is 383 g/mol. The molecule has 1 aliphatic carbocycles. The molecule has 0 aromatic heterocycles. The number of hydrogen-bond acceptors (Lipinski definition) is 2. The van der Waals surface area contributed by atoms with Gasteiger partial charge in [0.1, 0.15) is 5.84 Å². The van der Waals surface area contributed by atoms with Gasteiger partial charge >= 0.3 is 0 Å². The molecule has 1 radical (unpaired) electrons. The SMILES string of the molecule is CCC(CC1=CC(=S)CC=C1)C1=NC(c2ccccc2)=C(c2ccccc2)[N]1. The van der Waals surface area contributed by atoms with Gasteiger partial charge in [-0.05, 0) is 24.5 Å². The largest absolute Gasteiger partial charge is 0.230 e. The van der Waals surface area contributed by atoms with Crippen LogP contribution < -0.4 is 5.32 Å². The number of amidine groups is 1. The van der Waals surface area contributed by atoms with E-state index in [1.807, 2.05) is 36.4 Å². The first-order valence-corrected chi connectivity index (χ1v) is 10.2. The van der Waals surface area contributed by atoms with Gasteiger partial charge in [-0.15, -0.1) is 0 Å². The third-order valence-corrected chi connectivity index (χ3v) is 5.39. The highest BCUT2D eigenvalue weighted by Gasteiger charge is 2.27. The van der Waals surface area contributed by atoms with E-state index in [1.54, 1.807) is 0 Å². The quantitative estimate of drug-likeness (QED) is 0.545. The lowest BCUT2D eigenvalue weighted by molar-refractivity contribution is 0.652. The highest BCUT2D eigenvalue weighted by Crippen LogP contribution is 2.34. The van der Waals surface area contributed by atoms with Crippen molar-refractivity contribution in [2.75, 3.05) is 0 Å². The average Bonchev–Trinajstić information content (AvgIpc) is 3.19. The van der Waals surface area contributed by atoms with Crippen molar-refractivity contribution in [3.63, 3.8) is 0 Å². The zero-order chi connectivity index (χ0) is 19.3. The summed E-state index contributed by atoms with van der Waals surface area (Å²) >= 11 is 5.38. The van der Waals surface area contributed by atoms with Crippen LogP contribution in [0.25, 0.3) is 11.4 Å². The average molecular weight is 384 g/mol. The molecule has 2 aliphatic rings. The molecule has 0 fully saturated rings. The number of benzene rings is 2. The Morgan fingerprint density at radius 2 is 1.57 bits per heavy atom. The van der Waals surface area contributed by atoms with E-state index in [0.29, 0.717) is 0 Å². The first kappa shape index (κ1) is 18.6. The lowest BCUT2D eigenvalue weighted by Crippen LogP contribution is -2.21. The van der Waals surface area contributed by atoms with Gasteiger partial charge in [-0.2, -0.15) is 0 Å². The first-order chi connectivity index (χ1) is 13.7. The van der Waals surface area contributed by atoms with Gasteiger partial charge < -0.3 is 0 Å². The van der Waals surface area contributed by atoms with Gasteiger partial charge in [0, 0.05) is 28.3 Å². The summed E-state index contributed by atoms with van der Waals surface area (Å²) in [7, 11) is 0. The number of nitrogens with zero attached hydrogens (tertiary/aromatic N) is 2. The van der Waals surface area contributed by atoms with Crippen LogP contribution in [0, 0.1) is 5.92 Å². The molecule has 139 valence electrons. The second-order valence-corrected chi connectivity index (χ2v) is 7.64. The number of rotatable bonds is 6. The second kappa shape index (κ2) is 8.49. The van der Waals surface area contributed by atoms with E-state index in [1.165, 1.54) is 5.57 Å². The predicted octanol–water partition coefficient (Wildman–Crippen LogP) is 6.20. The van der Waals surface area contributed by atoms with E-state index >= 15 is 0 Å². The van der Waals surface area contributed by atoms with Crippen LogP contribution in [-0.4, -0.2) is 10.7 Å². The number of aliphatic imine (C=N–C) groups is 1. The molecular weight excluding hydrogens is 360 g/mol. The molecule has 0 amide bonds. The Morgan fingerprint density at radius 1 is 0.929 bits per heavy atom. The first-order valence-electron chi connectivity index (χ1n) is 9.80. The molecule has 1 unspecified atom stereocenters. The Kier molecular flexibility index (Phi) is 5.63.